The lowest BCUT2D eigenvalue weighted by molar-refractivity contribution is 0.0254. The maximum Gasteiger partial charge on any atom is 0.270 e. The second-order valence-corrected chi connectivity index (χ2v) is 11.5. The maximum atomic E-state index is 12.8. The molecule has 1 fully saturated rings. The van der Waals surface area contributed by atoms with Crippen LogP contribution >= 0.6 is 11.3 Å². The van der Waals surface area contributed by atoms with Gasteiger partial charge in [-0.05, 0) is 72.0 Å². The van der Waals surface area contributed by atoms with Crippen molar-refractivity contribution in [2.75, 3.05) is 6.54 Å². The summed E-state index contributed by atoms with van der Waals surface area (Å²) in [5.74, 6) is 1.06. The predicted octanol–water partition coefficient (Wildman–Crippen LogP) is 5.73. The normalized spacial score (nSPS) is 28.7. The molecule has 2 aromatic rings. The van der Waals surface area contributed by atoms with E-state index in [-0.39, 0.29) is 22.8 Å². The highest BCUT2D eigenvalue weighted by atomic mass is 32.1. The smallest absolute Gasteiger partial charge is 0.270 e. The summed E-state index contributed by atoms with van der Waals surface area (Å²) < 4.78 is 0. The van der Waals surface area contributed by atoms with Crippen molar-refractivity contribution < 1.29 is 4.79 Å². The summed E-state index contributed by atoms with van der Waals surface area (Å²) in [6, 6.07) is 7.06. The summed E-state index contributed by atoms with van der Waals surface area (Å²) in [7, 11) is 0. The van der Waals surface area contributed by atoms with E-state index in [9.17, 15) is 4.79 Å². The quantitative estimate of drug-likeness (QED) is 0.625. The van der Waals surface area contributed by atoms with E-state index >= 15 is 0 Å². The van der Waals surface area contributed by atoms with Crippen molar-refractivity contribution in [3.8, 4) is 0 Å². The van der Waals surface area contributed by atoms with E-state index in [1.54, 1.807) is 11.1 Å². The molecule has 0 radical (unpaired) electrons. The monoisotopic (exact) mass is 439 g/mol. The fraction of sp³-hybridized carbons (Fsp3) is 0.615. The molecule has 4 atom stereocenters. The molecule has 0 aliphatic heterocycles. The second kappa shape index (κ2) is 8.32. The molecular formula is C26H37N3OS. The molecule has 0 bridgehead atoms. The van der Waals surface area contributed by atoms with E-state index in [0.29, 0.717) is 24.1 Å². The highest BCUT2D eigenvalue weighted by Gasteiger charge is 2.51. The molecule has 0 saturated heterocycles. The van der Waals surface area contributed by atoms with Gasteiger partial charge in [0.1, 0.15) is 10.7 Å². The first-order chi connectivity index (χ1) is 14.6. The van der Waals surface area contributed by atoms with Crippen LogP contribution in [0.25, 0.3) is 0 Å². The van der Waals surface area contributed by atoms with Crippen LogP contribution in [0.3, 0.4) is 0 Å². The van der Waals surface area contributed by atoms with Crippen LogP contribution < -0.4 is 11.1 Å². The van der Waals surface area contributed by atoms with Gasteiger partial charge in [0.05, 0.1) is 6.04 Å². The minimum absolute atomic E-state index is 0.0746. The summed E-state index contributed by atoms with van der Waals surface area (Å²) in [6.45, 7) is 12.0. The number of aryl methyl sites for hydroxylation is 1. The van der Waals surface area contributed by atoms with E-state index in [1.807, 2.05) is 12.3 Å². The summed E-state index contributed by atoms with van der Waals surface area (Å²) in [5.41, 5.74) is 11.2. The molecule has 31 heavy (non-hydrogen) atoms. The molecule has 4 unspecified atom stereocenters. The number of amides is 1. The van der Waals surface area contributed by atoms with Gasteiger partial charge in [0.25, 0.3) is 5.91 Å². The second-order valence-electron chi connectivity index (χ2n) is 10.6. The highest BCUT2D eigenvalue weighted by molar-refractivity contribution is 7.09. The van der Waals surface area contributed by atoms with Crippen molar-refractivity contribution in [2.45, 2.75) is 84.1 Å². The van der Waals surface area contributed by atoms with Crippen molar-refractivity contribution in [1.29, 1.82) is 0 Å². The summed E-state index contributed by atoms with van der Waals surface area (Å²) in [4.78, 5) is 17.2. The Balaban J connectivity index is 1.53. The first-order valence-corrected chi connectivity index (χ1v) is 12.6. The Bertz CT molecular complexity index is 965. The molecule has 1 amide bonds. The van der Waals surface area contributed by atoms with E-state index in [2.05, 4.69) is 56.2 Å². The summed E-state index contributed by atoms with van der Waals surface area (Å²) in [6.07, 6.45) is 5.94. The van der Waals surface area contributed by atoms with Crippen molar-refractivity contribution in [2.24, 2.45) is 17.1 Å². The van der Waals surface area contributed by atoms with Crippen molar-refractivity contribution >= 4 is 17.2 Å². The average Bonchev–Trinajstić information content (AvgIpc) is 3.22. The van der Waals surface area contributed by atoms with E-state index in [4.69, 9.17) is 5.73 Å². The van der Waals surface area contributed by atoms with Gasteiger partial charge < -0.3 is 11.1 Å². The molecule has 4 nitrogen and oxygen atoms in total. The van der Waals surface area contributed by atoms with Gasteiger partial charge in [0, 0.05) is 11.9 Å². The zero-order valence-electron chi connectivity index (χ0n) is 19.6. The van der Waals surface area contributed by atoms with Crippen molar-refractivity contribution in [1.82, 2.24) is 10.3 Å². The standard InChI is InChI=1S/C26H37N3OS/c1-16(2)18-7-9-20-19(13-18)8-10-22-25(4,11-6-12-26(20,22)5)15-28-23(30)21-14-31-24(29-21)17(3)27/h7,9,13-14,16-17,22H,6,8,10-12,15,27H2,1-5H3,(H,28,30). The Hall–Kier alpha value is -1.72. The Kier molecular flexibility index (Phi) is 6.04. The molecule has 1 aromatic heterocycles. The van der Waals surface area contributed by atoms with Gasteiger partial charge in [0.2, 0.25) is 0 Å². The third-order valence-electron chi connectivity index (χ3n) is 7.96. The average molecular weight is 440 g/mol. The third kappa shape index (κ3) is 4.07. The lowest BCUT2D eigenvalue weighted by Gasteiger charge is -2.55. The van der Waals surface area contributed by atoms with Gasteiger partial charge in [-0.3, -0.25) is 4.79 Å². The van der Waals surface area contributed by atoms with Crippen LogP contribution in [0, 0.1) is 11.3 Å². The SMILES string of the molecule is CC(C)c1ccc2c(c1)CCC1C(C)(CNC(=O)c3csc(C(C)N)n3)CCCC21C. The summed E-state index contributed by atoms with van der Waals surface area (Å²) >= 11 is 1.46. The number of fused-ring (bicyclic) bond motifs is 3. The van der Waals surface area contributed by atoms with Gasteiger partial charge in [-0.25, -0.2) is 4.98 Å². The van der Waals surface area contributed by atoms with E-state index in [1.165, 1.54) is 36.2 Å². The van der Waals surface area contributed by atoms with Crippen LogP contribution in [0.1, 0.15) is 104 Å². The minimum Gasteiger partial charge on any atom is -0.350 e. The topological polar surface area (TPSA) is 68.0 Å². The van der Waals surface area contributed by atoms with Gasteiger partial charge >= 0.3 is 0 Å². The number of rotatable bonds is 5. The lowest BCUT2D eigenvalue weighted by atomic mass is 9.49. The van der Waals surface area contributed by atoms with Gasteiger partial charge in [-0.1, -0.05) is 52.3 Å². The van der Waals surface area contributed by atoms with Crippen LogP contribution in [0.5, 0.6) is 0 Å². The third-order valence-corrected chi connectivity index (χ3v) is 9.01. The molecule has 2 aliphatic carbocycles. The first kappa shape index (κ1) is 22.5. The van der Waals surface area contributed by atoms with Gasteiger partial charge in [-0.2, -0.15) is 0 Å². The number of carbonyl (C=O) groups excluding carboxylic acids is 1. The molecule has 0 spiro atoms. The van der Waals surface area contributed by atoms with Crippen LogP contribution in [-0.4, -0.2) is 17.4 Å². The Morgan fingerprint density at radius 2 is 2.06 bits per heavy atom. The van der Waals surface area contributed by atoms with Crippen molar-refractivity contribution in [3.63, 3.8) is 0 Å². The molecule has 3 N–H and O–H groups in total. The lowest BCUT2D eigenvalue weighted by Crippen LogP contribution is -2.53. The van der Waals surface area contributed by atoms with Gasteiger partial charge in [-0.15, -0.1) is 11.3 Å². The molecular weight excluding hydrogens is 402 g/mol. The predicted molar refractivity (Wildman–Crippen MR) is 129 cm³/mol. The van der Waals surface area contributed by atoms with Crippen LogP contribution in [0.15, 0.2) is 23.6 Å². The molecule has 2 aliphatic rings. The van der Waals surface area contributed by atoms with Crippen molar-refractivity contribution in [3.05, 3.63) is 51.0 Å². The van der Waals surface area contributed by atoms with E-state index < -0.39 is 0 Å². The summed E-state index contributed by atoms with van der Waals surface area (Å²) in [5, 5.41) is 5.86. The molecule has 5 heteroatoms. The zero-order valence-corrected chi connectivity index (χ0v) is 20.4. The Labute approximate surface area is 191 Å². The number of benzene rings is 1. The zero-order chi connectivity index (χ0) is 22.4. The molecule has 4 rings (SSSR count). The highest BCUT2D eigenvalue weighted by Crippen LogP contribution is 2.57. The van der Waals surface area contributed by atoms with E-state index in [0.717, 1.165) is 17.8 Å². The number of nitrogens with one attached hydrogen (secondary N) is 1. The van der Waals surface area contributed by atoms with Crippen LogP contribution in [0.2, 0.25) is 0 Å². The maximum absolute atomic E-state index is 12.8. The molecule has 1 heterocycles. The molecule has 168 valence electrons. The fourth-order valence-electron chi connectivity index (χ4n) is 6.19. The Morgan fingerprint density at radius 3 is 2.74 bits per heavy atom. The molecule has 1 saturated carbocycles. The number of carbonyl (C=O) groups is 1. The van der Waals surface area contributed by atoms with Gasteiger partial charge in [0.15, 0.2) is 0 Å². The number of thiazole rings is 1. The number of nitrogens with zero attached hydrogens (tertiary/aromatic N) is 1. The van der Waals surface area contributed by atoms with Crippen LogP contribution in [0.4, 0.5) is 0 Å². The molecule has 1 aromatic carbocycles. The first-order valence-electron chi connectivity index (χ1n) is 11.8. The van der Waals surface area contributed by atoms with Crippen LogP contribution in [-0.2, 0) is 11.8 Å². The number of hydrogen-bond acceptors (Lipinski definition) is 4. The largest absolute Gasteiger partial charge is 0.350 e. The Morgan fingerprint density at radius 1 is 1.29 bits per heavy atom. The number of hydrogen-bond donors (Lipinski definition) is 2. The minimum atomic E-state index is -0.137. The fourth-order valence-corrected chi connectivity index (χ4v) is 6.95. The number of nitrogens with two attached hydrogens (primary N) is 1. The number of aromatic nitrogens is 1.